The lowest BCUT2D eigenvalue weighted by atomic mass is 9.89. The number of hydrogen-bond acceptors (Lipinski definition) is 4. The van der Waals surface area contributed by atoms with Crippen molar-refractivity contribution >= 4 is 17.7 Å². The van der Waals surface area contributed by atoms with E-state index in [0.29, 0.717) is 13.1 Å². The number of anilines is 1. The molecule has 0 aliphatic carbocycles. The Kier molecular flexibility index (Phi) is 7.26. The number of benzene rings is 3. The van der Waals surface area contributed by atoms with Gasteiger partial charge < -0.3 is 14.9 Å². The number of rotatable bonds is 7. The smallest absolute Gasteiger partial charge is 0.328 e. The Morgan fingerprint density at radius 2 is 1.37 bits per heavy atom. The van der Waals surface area contributed by atoms with Gasteiger partial charge in [-0.05, 0) is 30.5 Å². The second-order valence-electron chi connectivity index (χ2n) is 9.76. The zero-order valence-electron chi connectivity index (χ0n) is 21.6. The second-order valence-corrected chi connectivity index (χ2v) is 9.76. The van der Waals surface area contributed by atoms with Crippen LogP contribution in [0.5, 0.6) is 0 Å². The lowest BCUT2D eigenvalue weighted by molar-refractivity contribution is -0.151. The first-order valence-electron chi connectivity index (χ1n) is 12.9. The van der Waals surface area contributed by atoms with Crippen molar-refractivity contribution in [3.63, 3.8) is 0 Å². The summed E-state index contributed by atoms with van der Waals surface area (Å²) in [6.07, 6.45) is 0. The predicted octanol–water partition coefficient (Wildman–Crippen LogP) is 4.73. The second kappa shape index (κ2) is 10.9. The third-order valence-corrected chi connectivity index (χ3v) is 7.27. The third-order valence-electron chi connectivity index (χ3n) is 7.27. The van der Waals surface area contributed by atoms with Crippen LogP contribution in [0.2, 0.25) is 0 Å². The summed E-state index contributed by atoms with van der Waals surface area (Å²) in [6.45, 7) is 5.03. The summed E-state index contributed by atoms with van der Waals surface area (Å²) in [5.74, 6) is -0.921. The number of hydrogen-bond donors (Lipinski definition) is 1. The van der Waals surface area contributed by atoms with Crippen LogP contribution in [0.25, 0.3) is 0 Å². The molecule has 3 aromatic carbocycles. The Morgan fingerprint density at radius 3 is 1.89 bits per heavy atom. The van der Waals surface area contributed by atoms with Gasteiger partial charge in [-0.1, -0.05) is 91.0 Å². The number of carbonyl (C=O) groups excluding carboxylic acids is 1. The number of aromatic nitrogens is 2. The maximum absolute atomic E-state index is 14.0. The van der Waals surface area contributed by atoms with Gasteiger partial charge in [0, 0.05) is 19.2 Å². The third kappa shape index (κ3) is 5.05. The molecule has 7 heteroatoms. The minimum Gasteiger partial charge on any atom is -0.480 e. The molecule has 4 aromatic rings. The molecule has 2 atom stereocenters. The number of carboxylic acid groups (broad SMARTS) is 1. The van der Waals surface area contributed by atoms with Crippen LogP contribution in [0, 0.1) is 6.92 Å². The van der Waals surface area contributed by atoms with E-state index in [1.54, 1.807) is 0 Å². The van der Waals surface area contributed by atoms with Gasteiger partial charge in [0.1, 0.15) is 11.9 Å². The Morgan fingerprint density at radius 1 is 0.842 bits per heavy atom. The molecule has 7 nitrogen and oxygen atoms in total. The van der Waals surface area contributed by atoms with Crippen molar-refractivity contribution in [3.05, 3.63) is 119 Å². The SMILES string of the molecule is Cc1cc(N2CCN(C(=O)C(c3ccccc3)c3ccccc3)C(C(=O)O)C2)n(C(C)c2ccccc2)n1. The molecule has 1 aromatic heterocycles. The van der Waals surface area contributed by atoms with Crippen LogP contribution in [0.1, 0.15) is 41.3 Å². The lowest BCUT2D eigenvalue weighted by Gasteiger charge is -2.42. The summed E-state index contributed by atoms with van der Waals surface area (Å²) in [4.78, 5) is 30.2. The standard InChI is InChI=1S/C31H32N4O3/c1-22-20-28(35(32-22)23(2)24-12-6-3-7-13-24)33-18-19-34(27(21-33)31(37)38)30(36)29(25-14-8-4-9-15-25)26-16-10-5-11-17-26/h3-17,20,23,27,29H,18-19,21H2,1-2H3,(H,37,38). The number of carbonyl (C=O) groups is 2. The Labute approximate surface area is 222 Å². The zero-order valence-corrected chi connectivity index (χ0v) is 21.6. The number of carboxylic acids is 1. The van der Waals surface area contributed by atoms with Gasteiger partial charge in [0.25, 0.3) is 0 Å². The fourth-order valence-corrected chi connectivity index (χ4v) is 5.30. The van der Waals surface area contributed by atoms with Crippen molar-refractivity contribution in [2.75, 3.05) is 24.5 Å². The van der Waals surface area contributed by atoms with Gasteiger partial charge in [-0.25, -0.2) is 9.48 Å². The highest BCUT2D eigenvalue weighted by molar-refractivity contribution is 5.91. The first kappa shape index (κ1) is 25.3. The molecule has 1 aliphatic heterocycles. The molecule has 0 radical (unpaired) electrons. The quantitative estimate of drug-likeness (QED) is 0.390. The lowest BCUT2D eigenvalue weighted by Crippen LogP contribution is -2.59. The first-order valence-corrected chi connectivity index (χ1v) is 12.9. The fraction of sp³-hybridized carbons (Fsp3) is 0.258. The summed E-state index contributed by atoms with van der Waals surface area (Å²) < 4.78 is 1.96. The molecular weight excluding hydrogens is 476 g/mol. The molecule has 38 heavy (non-hydrogen) atoms. The van der Waals surface area contributed by atoms with Gasteiger partial charge in [-0.15, -0.1) is 0 Å². The molecule has 2 heterocycles. The zero-order chi connectivity index (χ0) is 26.6. The monoisotopic (exact) mass is 508 g/mol. The van der Waals surface area contributed by atoms with Crippen molar-refractivity contribution in [2.24, 2.45) is 0 Å². The van der Waals surface area contributed by atoms with E-state index in [1.807, 2.05) is 101 Å². The van der Waals surface area contributed by atoms with E-state index in [9.17, 15) is 14.7 Å². The van der Waals surface area contributed by atoms with Crippen LogP contribution >= 0.6 is 0 Å². The average Bonchev–Trinajstić information content (AvgIpc) is 3.35. The molecule has 1 amide bonds. The van der Waals surface area contributed by atoms with E-state index in [2.05, 4.69) is 19.1 Å². The molecular formula is C31H32N4O3. The number of nitrogens with zero attached hydrogens (tertiary/aromatic N) is 4. The van der Waals surface area contributed by atoms with Gasteiger partial charge in [-0.3, -0.25) is 4.79 Å². The summed E-state index contributed by atoms with van der Waals surface area (Å²) in [6, 6.07) is 30.2. The summed E-state index contributed by atoms with van der Waals surface area (Å²) >= 11 is 0. The topological polar surface area (TPSA) is 78.7 Å². The molecule has 1 N–H and O–H groups in total. The molecule has 0 spiro atoms. The molecule has 194 valence electrons. The van der Waals surface area contributed by atoms with Crippen molar-refractivity contribution in [1.82, 2.24) is 14.7 Å². The summed E-state index contributed by atoms with van der Waals surface area (Å²) in [5, 5.41) is 15.0. The van der Waals surface area contributed by atoms with Gasteiger partial charge in [0.05, 0.1) is 24.2 Å². The van der Waals surface area contributed by atoms with Crippen molar-refractivity contribution in [3.8, 4) is 0 Å². The number of aryl methyl sites for hydroxylation is 1. The van der Waals surface area contributed by atoms with Crippen LogP contribution in [0.4, 0.5) is 5.82 Å². The molecule has 2 unspecified atom stereocenters. The van der Waals surface area contributed by atoms with Crippen LogP contribution in [-0.2, 0) is 9.59 Å². The highest BCUT2D eigenvalue weighted by Crippen LogP contribution is 2.31. The normalized spacial score (nSPS) is 16.4. The van der Waals surface area contributed by atoms with E-state index < -0.39 is 17.9 Å². The van der Waals surface area contributed by atoms with Crippen molar-refractivity contribution in [2.45, 2.75) is 31.8 Å². The minimum atomic E-state index is -1.01. The van der Waals surface area contributed by atoms with E-state index in [-0.39, 0.29) is 18.5 Å². The highest BCUT2D eigenvalue weighted by Gasteiger charge is 2.40. The van der Waals surface area contributed by atoms with Crippen LogP contribution < -0.4 is 4.90 Å². The minimum absolute atomic E-state index is 0.0246. The van der Waals surface area contributed by atoms with Gasteiger partial charge in [0.15, 0.2) is 0 Å². The van der Waals surface area contributed by atoms with E-state index in [4.69, 9.17) is 5.10 Å². The summed E-state index contributed by atoms with van der Waals surface area (Å²) in [7, 11) is 0. The number of amides is 1. The average molecular weight is 509 g/mol. The van der Waals surface area contributed by atoms with Crippen LogP contribution in [-0.4, -0.2) is 57.3 Å². The fourth-order valence-electron chi connectivity index (χ4n) is 5.30. The molecule has 1 aliphatic rings. The number of piperazine rings is 1. The highest BCUT2D eigenvalue weighted by atomic mass is 16.4. The van der Waals surface area contributed by atoms with Crippen LogP contribution in [0.15, 0.2) is 97.1 Å². The van der Waals surface area contributed by atoms with E-state index in [0.717, 1.165) is 28.2 Å². The first-order chi connectivity index (χ1) is 18.4. The maximum Gasteiger partial charge on any atom is 0.328 e. The van der Waals surface area contributed by atoms with E-state index in [1.165, 1.54) is 4.90 Å². The van der Waals surface area contributed by atoms with Crippen molar-refractivity contribution < 1.29 is 14.7 Å². The Hall–Kier alpha value is -4.39. The van der Waals surface area contributed by atoms with E-state index >= 15 is 0 Å². The maximum atomic E-state index is 14.0. The number of aliphatic carboxylic acids is 1. The van der Waals surface area contributed by atoms with Crippen LogP contribution in [0.3, 0.4) is 0 Å². The summed E-state index contributed by atoms with van der Waals surface area (Å²) in [5.41, 5.74) is 3.68. The largest absolute Gasteiger partial charge is 0.480 e. The van der Waals surface area contributed by atoms with Gasteiger partial charge in [-0.2, -0.15) is 5.10 Å². The Balaban J connectivity index is 1.44. The van der Waals surface area contributed by atoms with Gasteiger partial charge in [0.2, 0.25) is 5.91 Å². The predicted molar refractivity (Wildman–Crippen MR) is 147 cm³/mol. The molecule has 5 rings (SSSR count). The molecule has 1 saturated heterocycles. The molecule has 0 bridgehead atoms. The molecule has 1 fully saturated rings. The Bertz CT molecular complexity index is 1350. The van der Waals surface area contributed by atoms with Gasteiger partial charge >= 0.3 is 5.97 Å². The molecule has 0 saturated carbocycles. The van der Waals surface area contributed by atoms with Crippen molar-refractivity contribution in [1.29, 1.82) is 0 Å².